The average Bonchev–Trinajstić information content (AvgIpc) is 3.05. The molecule has 1 saturated heterocycles. The van der Waals surface area contributed by atoms with Gasteiger partial charge >= 0.3 is 0 Å². The zero-order valence-corrected chi connectivity index (χ0v) is 19.3. The van der Waals surface area contributed by atoms with Crippen LogP contribution in [0.15, 0.2) is 22.5 Å². The number of nitrogens with zero attached hydrogens (tertiary/aromatic N) is 3. The van der Waals surface area contributed by atoms with E-state index in [0.717, 1.165) is 50.1 Å². The molecule has 1 aromatic rings. The van der Waals surface area contributed by atoms with Crippen LogP contribution in [0, 0.1) is 0 Å². The Bertz CT molecular complexity index is 524. The number of aliphatic imine (C=N–C) groups is 1. The molecular formula is C18H34IN5OS. The molecule has 8 heteroatoms. The van der Waals surface area contributed by atoms with Crippen molar-refractivity contribution in [2.45, 2.75) is 25.9 Å². The van der Waals surface area contributed by atoms with E-state index in [-0.39, 0.29) is 24.0 Å². The Balaban J connectivity index is 0.00000338. The molecule has 1 aliphatic rings. The van der Waals surface area contributed by atoms with Crippen LogP contribution in [0.5, 0.6) is 0 Å². The van der Waals surface area contributed by atoms with Gasteiger partial charge < -0.3 is 25.5 Å². The molecule has 1 atom stereocenters. The van der Waals surface area contributed by atoms with Gasteiger partial charge in [-0.1, -0.05) is 6.07 Å². The number of nitrogens with one attached hydrogen (secondary N) is 2. The first-order valence-electron chi connectivity index (χ1n) is 9.20. The highest BCUT2D eigenvalue weighted by Gasteiger charge is 2.24. The summed E-state index contributed by atoms with van der Waals surface area (Å²) in [6, 6.07) is 3.91. The molecular weight excluding hydrogens is 461 g/mol. The minimum Gasteiger partial charge on any atom is -0.383 e. The van der Waals surface area contributed by atoms with E-state index in [1.165, 1.54) is 13.0 Å². The molecule has 1 fully saturated rings. The Hall–Kier alpha value is -0.420. The predicted molar refractivity (Wildman–Crippen MR) is 122 cm³/mol. The Morgan fingerprint density at radius 2 is 2.12 bits per heavy atom. The maximum absolute atomic E-state index is 10.6. The molecule has 1 aliphatic heterocycles. The van der Waals surface area contributed by atoms with Crippen molar-refractivity contribution in [3.8, 4) is 0 Å². The molecule has 0 saturated carbocycles. The zero-order chi connectivity index (χ0) is 18.1. The maximum atomic E-state index is 10.6. The molecule has 0 aromatic carbocycles. The van der Waals surface area contributed by atoms with E-state index in [0.29, 0.717) is 6.54 Å². The van der Waals surface area contributed by atoms with E-state index in [1.54, 1.807) is 11.3 Å². The largest absolute Gasteiger partial charge is 0.383 e. The number of thiophene rings is 1. The minimum atomic E-state index is -0.925. The predicted octanol–water partition coefficient (Wildman–Crippen LogP) is 1.77. The summed E-state index contributed by atoms with van der Waals surface area (Å²) in [6.45, 7) is 11.5. The van der Waals surface area contributed by atoms with Crippen LogP contribution in [0.2, 0.25) is 0 Å². The lowest BCUT2D eigenvalue weighted by molar-refractivity contribution is 0.0711. The summed E-state index contributed by atoms with van der Waals surface area (Å²) in [6.07, 6.45) is 1.23. The van der Waals surface area contributed by atoms with Crippen molar-refractivity contribution in [2.24, 2.45) is 4.99 Å². The lowest BCUT2D eigenvalue weighted by Crippen LogP contribution is -2.43. The van der Waals surface area contributed by atoms with Crippen LogP contribution in [0.25, 0.3) is 0 Å². The maximum Gasteiger partial charge on any atom is 0.191 e. The van der Waals surface area contributed by atoms with Crippen LogP contribution in [0.4, 0.5) is 0 Å². The van der Waals surface area contributed by atoms with Crippen LogP contribution in [0.1, 0.15) is 25.1 Å². The third-order valence-electron chi connectivity index (χ3n) is 4.47. The molecule has 0 spiro atoms. The fourth-order valence-electron chi connectivity index (χ4n) is 2.89. The standard InChI is InChI=1S/C18H33N5OS.HI/c1-4-19-17(21-15-18(2,24)16-7-5-14-25-16)20-8-11-23-10-6-9-22(3)12-13-23;/h5,7,14,24H,4,6,8-13,15H2,1-3H3,(H2,19,20,21);1H. The highest BCUT2D eigenvalue weighted by molar-refractivity contribution is 14.0. The van der Waals surface area contributed by atoms with E-state index in [2.05, 4.69) is 39.4 Å². The molecule has 150 valence electrons. The van der Waals surface area contributed by atoms with Crippen molar-refractivity contribution in [1.82, 2.24) is 20.4 Å². The van der Waals surface area contributed by atoms with Gasteiger partial charge in [0.2, 0.25) is 0 Å². The lowest BCUT2D eigenvalue weighted by Gasteiger charge is -2.22. The molecule has 0 aliphatic carbocycles. The quantitative estimate of drug-likeness (QED) is 0.306. The number of rotatable bonds is 7. The SMILES string of the molecule is CCNC(=NCC(C)(O)c1cccs1)NCCN1CCCN(C)CC1.I. The van der Waals surface area contributed by atoms with Gasteiger partial charge in [0, 0.05) is 37.6 Å². The number of likely N-dealkylation sites (N-methyl/N-ethyl adjacent to an activating group) is 1. The Labute approximate surface area is 179 Å². The average molecular weight is 495 g/mol. The first-order valence-corrected chi connectivity index (χ1v) is 10.1. The summed E-state index contributed by atoms with van der Waals surface area (Å²) in [5, 5.41) is 19.2. The number of hydrogen-bond donors (Lipinski definition) is 3. The normalized spacial score (nSPS) is 19.3. The molecule has 0 bridgehead atoms. The zero-order valence-electron chi connectivity index (χ0n) is 16.2. The summed E-state index contributed by atoms with van der Waals surface area (Å²) in [4.78, 5) is 10.4. The van der Waals surface area contributed by atoms with Crippen LogP contribution in [0.3, 0.4) is 0 Å². The third kappa shape index (κ3) is 8.08. The fraction of sp³-hybridized carbons (Fsp3) is 0.722. The number of aliphatic hydroxyl groups is 1. The first-order chi connectivity index (χ1) is 12.0. The molecule has 2 rings (SSSR count). The smallest absolute Gasteiger partial charge is 0.191 e. The summed E-state index contributed by atoms with van der Waals surface area (Å²) in [5.74, 6) is 0.770. The third-order valence-corrected chi connectivity index (χ3v) is 5.60. The van der Waals surface area contributed by atoms with E-state index in [1.807, 2.05) is 24.4 Å². The van der Waals surface area contributed by atoms with E-state index in [9.17, 15) is 5.11 Å². The van der Waals surface area contributed by atoms with Gasteiger partial charge in [0.1, 0.15) is 5.60 Å². The van der Waals surface area contributed by atoms with Gasteiger partial charge in [0.05, 0.1) is 6.54 Å². The van der Waals surface area contributed by atoms with Gasteiger partial charge in [0.25, 0.3) is 0 Å². The van der Waals surface area contributed by atoms with Crippen LogP contribution in [-0.2, 0) is 5.60 Å². The van der Waals surface area contributed by atoms with Gasteiger partial charge in [-0.15, -0.1) is 35.3 Å². The van der Waals surface area contributed by atoms with Crippen molar-refractivity contribution in [1.29, 1.82) is 0 Å². The minimum absolute atomic E-state index is 0. The van der Waals surface area contributed by atoms with E-state index in [4.69, 9.17) is 0 Å². The van der Waals surface area contributed by atoms with Crippen LogP contribution in [-0.4, -0.2) is 80.3 Å². The molecule has 2 heterocycles. The second kappa shape index (κ2) is 12.1. The molecule has 3 N–H and O–H groups in total. The number of halogens is 1. The van der Waals surface area contributed by atoms with Crippen molar-refractivity contribution in [3.05, 3.63) is 22.4 Å². The number of guanidine groups is 1. The summed E-state index contributed by atoms with van der Waals surface area (Å²) in [7, 11) is 2.19. The Morgan fingerprint density at radius 3 is 2.81 bits per heavy atom. The Morgan fingerprint density at radius 1 is 1.31 bits per heavy atom. The fourth-order valence-corrected chi connectivity index (χ4v) is 3.67. The molecule has 6 nitrogen and oxygen atoms in total. The molecule has 26 heavy (non-hydrogen) atoms. The van der Waals surface area contributed by atoms with Crippen molar-refractivity contribution in [3.63, 3.8) is 0 Å². The van der Waals surface area contributed by atoms with Crippen molar-refractivity contribution < 1.29 is 5.11 Å². The second-order valence-corrected chi connectivity index (χ2v) is 7.82. The van der Waals surface area contributed by atoms with Crippen molar-refractivity contribution >= 4 is 41.3 Å². The lowest BCUT2D eigenvalue weighted by atomic mass is 10.1. The molecule has 0 amide bonds. The van der Waals surface area contributed by atoms with Gasteiger partial charge in [0.15, 0.2) is 5.96 Å². The van der Waals surface area contributed by atoms with Crippen molar-refractivity contribution in [2.75, 3.05) is 59.4 Å². The van der Waals surface area contributed by atoms with Gasteiger partial charge in [-0.25, -0.2) is 4.99 Å². The highest BCUT2D eigenvalue weighted by Crippen LogP contribution is 2.25. The van der Waals surface area contributed by atoms with Gasteiger partial charge in [-0.3, -0.25) is 0 Å². The first kappa shape index (κ1) is 23.6. The summed E-state index contributed by atoms with van der Waals surface area (Å²) in [5.41, 5.74) is -0.925. The molecule has 1 aromatic heterocycles. The van der Waals surface area contributed by atoms with Gasteiger partial charge in [-0.2, -0.15) is 0 Å². The number of hydrogen-bond acceptors (Lipinski definition) is 5. The molecule has 1 unspecified atom stereocenters. The summed E-state index contributed by atoms with van der Waals surface area (Å²) < 4.78 is 0. The van der Waals surface area contributed by atoms with Gasteiger partial charge in [-0.05, 0) is 51.9 Å². The van der Waals surface area contributed by atoms with E-state index < -0.39 is 5.60 Å². The Kier molecular flexibility index (Phi) is 11.0. The highest BCUT2D eigenvalue weighted by atomic mass is 127. The summed E-state index contributed by atoms with van der Waals surface area (Å²) >= 11 is 1.56. The topological polar surface area (TPSA) is 63.1 Å². The monoisotopic (exact) mass is 495 g/mol. The van der Waals surface area contributed by atoms with Crippen LogP contribution < -0.4 is 10.6 Å². The van der Waals surface area contributed by atoms with E-state index >= 15 is 0 Å². The second-order valence-electron chi connectivity index (χ2n) is 6.87. The van der Waals surface area contributed by atoms with Crippen LogP contribution >= 0.6 is 35.3 Å². The molecule has 0 radical (unpaired) electrons.